The lowest BCUT2D eigenvalue weighted by atomic mass is 10.0. The molecule has 0 atom stereocenters. The number of benzene rings is 1. The van der Waals surface area contributed by atoms with Crippen LogP contribution < -0.4 is 5.32 Å². The molecular formula is C14H20BrNO. The van der Waals surface area contributed by atoms with Crippen LogP contribution in [0.3, 0.4) is 0 Å². The maximum atomic E-state index is 11.9. The van der Waals surface area contributed by atoms with Crippen LogP contribution in [0.5, 0.6) is 0 Å². The van der Waals surface area contributed by atoms with Gasteiger partial charge in [-0.3, -0.25) is 4.79 Å². The number of carbonyl (C=O) groups excluding carboxylic acids is 1. The van der Waals surface area contributed by atoms with Crippen molar-refractivity contribution in [2.24, 2.45) is 5.92 Å². The Hall–Kier alpha value is -0.830. The van der Waals surface area contributed by atoms with Crippen LogP contribution in [0.2, 0.25) is 0 Å². The van der Waals surface area contributed by atoms with Crippen LogP contribution in [0.1, 0.15) is 42.6 Å². The van der Waals surface area contributed by atoms with Crippen LogP contribution in [0, 0.1) is 5.92 Å². The second-order valence-electron chi connectivity index (χ2n) is 4.22. The fourth-order valence-corrected chi connectivity index (χ4v) is 2.04. The maximum absolute atomic E-state index is 11.9. The summed E-state index contributed by atoms with van der Waals surface area (Å²) < 4.78 is 0. The minimum atomic E-state index is 0.0259. The van der Waals surface area contributed by atoms with Gasteiger partial charge < -0.3 is 5.32 Å². The van der Waals surface area contributed by atoms with Crippen LogP contribution in [-0.2, 0) is 5.33 Å². The molecule has 1 aromatic carbocycles. The fraction of sp³-hybridized carbons (Fsp3) is 0.500. The molecule has 1 amide bonds. The van der Waals surface area contributed by atoms with Gasteiger partial charge in [-0.2, -0.15) is 0 Å². The second-order valence-corrected chi connectivity index (χ2v) is 4.78. The van der Waals surface area contributed by atoms with Crippen molar-refractivity contribution in [3.63, 3.8) is 0 Å². The van der Waals surface area contributed by atoms with Gasteiger partial charge in [0, 0.05) is 17.4 Å². The predicted octanol–water partition coefficient (Wildman–Crippen LogP) is 3.75. The average Bonchev–Trinajstić information content (AvgIpc) is 2.39. The average molecular weight is 298 g/mol. The smallest absolute Gasteiger partial charge is 0.251 e. The Morgan fingerprint density at radius 3 is 2.29 bits per heavy atom. The zero-order chi connectivity index (χ0) is 12.7. The standard InChI is InChI=1S/C14H20BrNO/c1-3-11(4-2)10-16-14(17)13-7-5-12(9-15)6-8-13/h5-8,11H,3-4,9-10H2,1-2H3,(H,16,17). The van der Waals surface area contributed by atoms with Crippen molar-refractivity contribution in [2.45, 2.75) is 32.0 Å². The Labute approximate surface area is 112 Å². The van der Waals surface area contributed by atoms with Crippen molar-refractivity contribution in [2.75, 3.05) is 6.54 Å². The van der Waals surface area contributed by atoms with Gasteiger partial charge in [0.1, 0.15) is 0 Å². The molecule has 0 spiro atoms. The quantitative estimate of drug-likeness (QED) is 0.796. The van der Waals surface area contributed by atoms with Gasteiger partial charge >= 0.3 is 0 Å². The third kappa shape index (κ3) is 4.50. The van der Waals surface area contributed by atoms with Gasteiger partial charge in [0.05, 0.1) is 0 Å². The summed E-state index contributed by atoms with van der Waals surface area (Å²) in [5.74, 6) is 0.610. The highest BCUT2D eigenvalue weighted by atomic mass is 79.9. The summed E-state index contributed by atoms with van der Waals surface area (Å²) in [5.41, 5.74) is 1.92. The summed E-state index contributed by atoms with van der Waals surface area (Å²) in [6, 6.07) is 7.69. The number of hydrogen-bond acceptors (Lipinski definition) is 1. The molecular weight excluding hydrogens is 278 g/mol. The number of carbonyl (C=O) groups is 1. The summed E-state index contributed by atoms with van der Waals surface area (Å²) in [4.78, 5) is 11.9. The van der Waals surface area contributed by atoms with E-state index in [2.05, 4.69) is 35.1 Å². The van der Waals surface area contributed by atoms with Gasteiger partial charge in [0.25, 0.3) is 5.91 Å². The molecule has 0 fully saturated rings. The lowest BCUT2D eigenvalue weighted by Gasteiger charge is -2.13. The molecule has 1 N–H and O–H groups in total. The van der Waals surface area contributed by atoms with Crippen molar-refractivity contribution in [1.82, 2.24) is 5.32 Å². The third-order valence-electron chi connectivity index (χ3n) is 3.08. The number of hydrogen-bond donors (Lipinski definition) is 1. The van der Waals surface area contributed by atoms with E-state index in [1.807, 2.05) is 24.3 Å². The summed E-state index contributed by atoms with van der Waals surface area (Å²) in [7, 11) is 0. The minimum Gasteiger partial charge on any atom is -0.352 e. The minimum absolute atomic E-state index is 0.0259. The Morgan fingerprint density at radius 2 is 1.82 bits per heavy atom. The van der Waals surface area contributed by atoms with Gasteiger partial charge in [-0.25, -0.2) is 0 Å². The first-order valence-electron chi connectivity index (χ1n) is 6.14. The normalized spacial score (nSPS) is 10.6. The molecule has 0 aliphatic carbocycles. The first-order valence-corrected chi connectivity index (χ1v) is 7.26. The summed E-state index contributed by atoms with van der Waals surface area (Å²) in [6.07, 6.45) is 2.22. The van der Waals surface area contributed by atoms with Crippen molar-refractivity contribution >= 4 is 21.8 Å². The zero-order valence-corrected chi connectivity index (χ0v) is 12.1. The Balaban J connectivity index is 2.51. The molecule has 0 saturated heterocycles. The van der Waals surface area contributed by atoms with E-state index < -0.39 is 0 Å². The van der Waals surface area contributed by atoms with E-state index in [-0.39, 0.29) is 5.91 Å². The van der Waals surface area contributed by atoms with E-state index in [0.29, 0.717) is 5.92 Å². The maximum Gasteiger partial charge on any atom is 0.251 e. The molecule has 2 nitrogen and oxygen atoms in total. The van der Waals surface area contributed by atoms with Crippen molar-refractivity contribution in [3.05, 3.63) is 35.4 Å². The van der Waals surface area contributed by atoms with Crippen molar-refractivity contribution in [1.29, 1.82) is 0 Å². The molecule has 0 saturated carbocycles. The summed E-state index contributed by atoms with van der Waals surface area (Å²) in [5, 5.41) is 3.81. The lowest BCUT2D eigenvalue weighted by Crippen LogP contribution is -2.28. The molecule has 0 aliphatic rings. The summed E-state index contributed by atoms with van der Waals surface area (Å²) in [6.45, 7) is 5.09. The molecule has 0 unspecified atom stereocenters. The largest absolute Gasteiger partial charge is 0.352 e. The van der Waals surface area contributed by atoms with Crippen LogP contribution in [0.15, 0.2) is 24.3 Å². The molecule has 0 bridgehead atoms. The molecule has 0 radical (unpaired) electrons. The van der Waals surface area contributed by atoms with Gasteiger partial charge in [-0.15, -0.1) is 0 Å². The molecule has 0 aliphatic heterocycles. The highest BCUT2D eigenvalue weighted by molar-refractivity contribution is 9.08. The van der Waals surface area contributed by atoms with Crippen LogP contribution >= 0.6 is 15.9 Å². The molecule has 0 aromatic heterocycles. The van der Waals surface area contributed by atoms with Crippen LogP contribution in [-0.4, -0.2) is 12.5 Å². The first-order chi connectivity index (χ1) is 8.21. The van der Waals surface area contributed by atoms with Crippen LogP contribution in [0.4, 0.5) is 0 Å². The number of amides is 1. The number of rotatable bonds is 6. The topological polar surface area (TPSA) is 29.1 Å². The Kier molecular flexibility index (Phi) is 6.27. The number of alkyl halides is 1. The zero-order valence-electron chi connectivity index (χ0n) is 10.5. The van der Waals surface area contributed by atoms with Crippen molar-refractivity contribution in [3.8, 4) is 0 Å². The first kappa shape index (κ1) is 14.2. The third-order valence-corrected chi connectivity index (χ3v) is 3.72. The highest BCUT2D eigenvalue weighted by Gasteiger charge is 2.08. The lowest BCUT2D eigenvalue weighted by molar-refractivity contribution is 0.0946. The van der Waals surface area contributed by atoms with Gasteiger partial charge in [0.15, 0.2) is 0 Å². The van der Waals surface area contributed by atoms with Crippen LogP contribution in [0.25, 0.3) is 0 Å². The Bertz CT molecular complexity index is 344. The molecule has 1 rings (SSSR count). The molecule has 1 aromatic rings. The molecule has 0 heterocycles. The number of nitrogens with one attached hydrogen (secondary N) is 1. The second kappa shape index (κ2) is 7.49. The Morgan fingerprint density at radius 1 is 1.24 bits per heavy atom. The fourth-order valence-electron chi connectivity index (χ4n) is 1.66. The van der Waals surface area contributed by atoms with E-state index in [4.69, 9.17) is 0 Å². The molecule has 94 valence electrons. The number of halogens is 1. The summed E-state index contributed by atoms with van der Waals surface area (Å²) >= 11 is 3.39. The molecule has 17 heavy (non-hydrogen) atoms. The van der Waals surface area contributed by atoms with Gasteiger partial charge in [0.2, 0.25) is 0 Å². The van der Waals surface area contributed by atoms with E-state index in [1.165, 1.54) is 5.56 Å². The predicted molar refractivity (Wildman–Crippen MR) is 75.5 cm³/mol. The van der Waals surface area contributed by atoms with Crippen molar-refractivity contribution < 1.29 is 4.79 Å². The highest BCUT2D eigenvalue weighted by Crippen LogP contribution is 2.09. The van der Waals surface area contributed by atoms with E-state index in [9.17, 15) is 4.79 Å². The molecule has 3 heteroatoms. The van der Waals surface area contributed by atoms with E-state index in [0.717, 1.165) is 30.3 Å². The van der Waals surface area contributed by atoms with Gasteiger partial charge in [-0.05, 0) is 23.6 Å². The van der Waals surface area contributed by atoms with E-state index in [1.54, 1.807) is 0 Å². The van der Waals surface area contributed by atoms with Gasteiger partial charge in [-0.1, -0.05) is 54.8 Å². The van der Waals surface area contributed by atoms with E-state index >= 15 is 0 Å². The SMILES string of the molecule is CCC(CC)CNC(=O)c1ccc(CBr)cc1. The monoisotopic (exact) mass is 297 g/mol.